The summed E-state index contributed by atoms with van der Waals surface area (Å²) in [4.78, 5) is 63.6. The Labute approximate surface area is 257 Å². The maximum atomic E-state index is 14.4. The quantitative estimate of drug-likeness (QED) is 0.299. The minimum Gasteiger partial charge on any atom is -0.487 e. The van der Waals surface area contributed by atoms with E-state index in [-0.39, 0.29) is 18.0 Å². The lowest BCUT2D eigenvalue weighted by molar-refractivity contribution is -0.123. The molecule has 3 heterocycles. The van der Waals surface area contributed by atoms with Crippen molar-refractivity contribution in [3.8, 4) is 5.75 Å². The third-order valence-corrected chi connectivity index (χ3v) is 7.89. The third kappa shape index (κ3) is 6.70. The number of carbonyl (C=O) groups excluding carboxylic acids is 4. The molecule has 0 aliphatic carbocycles. The molecule has 0 radical (unpaired) electrons. The van der Waals surface area contributed by atoms with Crippen molar-refractivity contribution in [3.05, 3.63) is 80.8 Å². The largest absolute Gasteiger partial charge is 0.487 e. The van der Waals surface area contributed by atoms with Crippen LogP contribution in [0.3, 0.4) is 0 Å². The van der Waals surface area contributed by atoms with Gasteiger partial charge in [0.15, 0.2) is 5.78 Å². The van der Waals surface area contributed by atoms with Gasteiger partial charge in [0.2, 0.25) is 11.8 Å². The number of ketones is 1. The molecule has 2 atom stereocenters. The standard InChI is InChI=1S/C30H31ClN6O5S/c1-30(2,3)42-22-14-18(21(38)15-23(32)39)6-9-20(22)27-35-25(17-4-7-19(31)8-5-17)26(28-34-11-13-43-28)37(27)29(41)36-12-10-33-24(40)16-36/h4-9,11,13-14,25-26H,10,12,15-16H2,1-3H3,(H2,32,39)(H,33,40)/t25-,26-/m0/s1. The molecule has 1 fully saturated rings. The number of carbonyl (C=O) groups is 4. The maximum Gasteiger partial charge on any atom is 0.326 e. The SMILES string of the molecule is CC(C)(C)Oc1cc(C(=O)CC(N)=O)ccc1C1=N[C@@H](c2ccc(Cl)cc2)[C@@H](c2nccs2)N1C(=O)N1CCNC(=O)C1. The van der Waals surface area contributed by atoms with Crippen LogP contribution in [0.15, 0.2) is 59.0 Å². The topological polar surface area (TPSA) is 147 Å². The van der Waals surface area contributed by atoms with Gasteiger partial charge in [-0.2, -0.15) is 0 Å². The lowest BCUT2D eigenvalue weighted by Gasteiger charge is -2.35. The van der Waals surface area contributed by atoms with Gasteiger partial charge in [-0.3, -0.25) is 24.3 Å². The first-order valence-corrected chi connectivity index (χ1v) is 14.9. The summed E-state index contributed by atoms with van der Waals surface area (Å²) in [7, 11) is 0. The smallest absolute Gasteiger partial charge is 0.326 e. The van der Waals surface area contributed by atoms with Gasteiger partial charge in [-0.1, -0.05) is 29.8 Å². The van der Waals surface area contributed by atoms with Gasteiger partial charge >= 0.3 is 6.03 Å². The molecule has 0 spiro atoms. The summed E-state index contributed by atoms with van der Waals surface area (Å²) in [6.07, 6.45) is 1.21. The van der Waals surface area contributed by atoms with Crippen LogP contribution in [0.4, 0.5) is 4.79 Å². The minimum atomic E-state index is -0.744. The van der Waals surface area contributed by atoms with Crippen molar-refractivity contribution < 1.29 is 23.9 Å². The second-order valence-electron chi connectivity index (χ2n) is 11.2. The van der Waals surface area contributed by atoms with Crippen LogP contribution < -0.4 is 15.8 Å². The number of Topliss-reactive ketones (excluding diaryl/α,β-unsaturated/α-hetero) is 1. The number of primary amides is 1. The summed E-state index contributed by atoms with van der Waals surface area (Å²) in [5, 5.41) is 5.79. The number of thiazole rings is 1. The van der Waals surface area contributed by atoms with Crippen molar-refractivity contribution in [2.75, 3.05) is 19.6 Å². The number of amides is 4. The van der Waals surface area contributed by atoms with Crippen LogP contribution in [0.2, 0.25) is 5.02 Å². The summed E-state index contributed by atoms with van der Waals surface area (Å²) < 4.78 is 6.32. The highest BCUT2D eigenvalue weighted by molar-refractivity contribution is 7.09. The minimum absolute atomic E-state index is 0.106. The Morgan fingerprint density at radius 3 is 2.53 bits per heavy atom. The number of urea groups is 1. The molecule has 3 aromatic rings. The van der Waals surface area contributed by atoms with E-state index in [1.165, 1.54) is 16.2 Å². The summed E-state index contributed by atoms with van der Waals surface area (Å²) in [6.45, 7) is 6.10. The molecule has 2 aromatic carbocycles. The number of hydrogen-bond acceptors (Lipinski definition) is 8. The molecule has 0 bridgehead atoms. The van der Waals surface area contributed by atoms with Gasteiger partial charge in [-0.15, -0.1) is 11.3 Å². The van der Waals surface area contributed by atoms with Crippen LogP contribution in [-0.4, -0.2) is 69.5 Å². The first-order valence-electron chi connectivity index (χ1n) is 13.6. The fourth-order valence-electron chi connectivity index (χ4n) is 5.00. The monoisotopic (exact) mass is 622 g/mol. The Morgan fingerprint density at radius 2 is 1.91 bits per heavy atom. The van der Waals surface area contributed by atoms with E-state index in [1.54, 1.807) is 41.4 Å². The number of nitrogens with two attached hydrogens (primary N) is 1. The fraction of sp³-hybridized carbons (Fsp3) is 0.333. The predicted octanol–water partition coefficient (Wildman–Crippen LogP) is 4.13. The highest BCUT2D eigenvalue weighted by Gasteiger charge is 2.46. The molecule has 1 saturated heterocycles. The zero-order valence-electron chi connectivity index (χ0n) is 23.9. The molecular formula is C30H31ClN6O5S. The molecule has 224 valence electrons. The molecule has 4 amide bonds. The number of benzene rings is 2. The Hall–Kier alpha value is -4.29. The average molecular weight is 623 g/mol. The summed E-state index contributed by atoms with van der Waals surface area (Å²) >= 11 is 7.59. The summed E-state index contributed by atoms with van der Waals surface area (Å²) in [5.41, 5.74) is 6.08. The molecule has 1 aromatic heterocycles. The molecule has 2 aliphatic rings. The number of amidine groups is 1. The number of piperazine rings is 1. The highest BCUT2D eigenvalue weighted by atomic mass is 35.5. The van der Waals surface area contributed by atoms with Crippen molar-refractivity contribution in [2.45, 2.75) is 44.9 Å². The van der Waals surface area contributed by atoms with Crippen molar-refractivity contribution in [1.29, 1.82) is 0 Å². The van der Waals surface area contributed by atoms with E-state index in [0.29, 0.717) is 40.3 Å². The van der Waals surface area contributed by atoms with Crippen LogP contribution in [0.1, 0.15) is 65.8 Å². The molecule has 2 aliphatic heterocycles. The molecule has 5 rings (SSSR count). The lowest BCUT2D eigenvalue weighted by atomic mass is 10.00. The second kappa shape index (κ2) is 12.1. The number of aromatic nitrogens is 1. The molecular weight excluding hydrogens is 592 g/mol. The van der Waals surface area contributed by atoms with E-state index in [4.69, 9.17) is 27.1 Å². The highest BCUT2D eigenvalue weighted by Crippen LogP contribution is 2.46. The molecule has 43 heavy (non-hydrogen) atoms. The van der Waals surface area contributed by atoms with Crippen molar-refractivity contribution in [3.63, 3.8) is 0 Å². The van der Waals surface area contributed by atoms with Crippen LogP contribution in [0.5, 0.6) is 5.75 Å². The van der Waals surface area contributed by atoms with Crippen molar-refractivity contribution in [1.82, 2.24) is 20.1 Å². The number of nitrogens with one attached hydrogen (secondary N) is 1. The van der Waals surface area contributed by atoms with Crippen LogP contribution in [-0.2, 0) is 9.59 Å². The predicted molar refractivity (Wildman–Crippen MR) is 162 cm³/mol. The van der Waals surface area contributed by atoms with Crippen LogP contribution in [0, 0.1) is 0 Å². The van der Waals surface area contributed by atoms with E-state index in [2.05, 4.69) is 10.3 Å². The fourth-order valence-corrected chi connectivity index (χ4v) is 5.88. The van der Waals surface area contributed by atoms with Gasteiger partial charge in [0.1, 0.15) is 40.8 Å². The number of hydrogen-bond donors (Lipinski definition) is 2. The van der Waals surface area contributed by atoms with Gasteiger partial charge in [0.05, 0.1) is 12.0 Å². The van der Waals surface area contributed by atoms with Gasteiger partial charge in [-0.25, -0.2) is 9.78 Å². The van der Waals surface area contributed by atoms with Crippen LogP contribution >= 0.6 is 22.9 Å². The first-order chi connectivity index (χ1) is 20.4. The van der Waals surface area contributed by atoms with Gasteiger partial charge in [0.25, 0.3) is 0 Å². The Kier molecular flexibility index (Phi) is 8.52. The van der Waals surface area contributed by atoms with E-state index in [1.807, 2.05) is 38.3 Å². The maximum absolute atomic E-state index is 14.4. The Bertz CT molecular complexity index is 1590. The van der Waals surface area contributed by atoms with Crippen LogP contribution in [0.25, 0.3) is 0 Å². The zero-order valence-corrected chi connectivity index (χ0v) is 25.4. The number of ether oxygens (including phenoxy) is 1. The normalized spacial score (nSPS) is 18.7. The summed E-state index contributed by atoms with van der Waals surface area (Å²) in [6, 6.07) is 10.4. The molecule has 0 unspecified atom stereocenters. The van der Waals surface area contributed by atoms with E-state index in [0.717, 1.165) is 5.56 Å². The molecule has 0 saturated carbocycles. The Morgan fingerprint density at radius 1 is 1.16 bits per heavy atom. The van der Waals surface area contributed by atoms with E-state index >= 15 is 0 Å². The van der Waals surface area contributed by atoms with Gasteiger partial charge in [-0.05, 0) is 50.6 Å². The number of aliphatic imine (C=N–C) groups is 1. The molecule has 3 N–H and O–H groups in total. The number of halogens is 1. The Balaban J connectivity index is 1.69. The van der Waals surface area contributed by atoms with Crippen molar-refractivity contribution >= 4 is 52.4 Å². The summed E-state index contributed by atoms with van der Waals surface area (Å²) in [5.74, 6) is -0.869. The zero-order chi connectivity index (χ0) is 30.9. The molecule has 11 nitrogen and oxygen atoms in total. The van der Waals surface area contributed by atoms with E-state index in [9.17, 15) is 19.2 Å². The first kappa shape index (κ1) is 30.2. The lowest BCUT2D eigenvalue weighted by Crippen LogP contribution is -2.55. The second-order valence-corrected chi connectivity index (χ2v) is 12.5. The number of nitrogens with zero attached hydrogens (tertiary/aromatic N) is 4. The number of rotatable bonds is 7. The van der Waals surface area contributed by atoms with Gasteiger partial charge in [0, 0.05) is 35.3 Å². The average Bonchev–Trinajstić information content (AvgIpc) is 3.60. The third-order valence-electron chi connectivity index (χ3n) is 6.79. The van der Waals surface area contributed by atoms with Gasteiger partial charge < -0.3 is 20.7 Å². The molecule has 13 heteroatoms. The van der Waals surface area contributed by atoms with E-state index < -0.39 is 41.8 Å². The van der Waals surface area contributed by atoms with Crippen molar-refractivity contribution in [2.24, 2.45) is 10.7 Å².